The smallest absolute Gasteiger partial charge is 0.240 e. The number of sulfonamides is 1. The fourth-order valence-corrected chi connectivity index (χ4v) is 3.55. The molecule has 0 atom stereocenters. The molecule has 0 aliphatic heterocycles. The molecule has 6 heteroatoms. The van der Waals surface area contributed by atoms with Crippen molar-refractivity contribution in [1.29, 1.82) is 0 Å². The van der Waals surface area contributed by atoms with Gasteiger partial charge in [-0.3, -0.25) is 0 Å². The Labute approximate surface area is 124 Å². The number of imidazole rings is 1. The van der Waals surface area contributed by atoms with Crippen molar-refractivity contribution >= 4 is 10.0 Å². The Balaban J connectivity index is 1.71. The molecule has 1 aliphatic rings. The van der Waals surface area contributed by atoms with Crippen LogP contribution in [-0.4, -0.2) is 18.4 Å². The lowest BCUT2D eigenvalue weighted by atomic mass is 10.0. The van der Waals surface area contributed by atoms with E-state index in [1.807, 2.05) is 6.92 Å². The number of hydrogen-bond acceptors (Lipinski definition) is 3. The van der Waals surface area contributed by atoms with Crippen molar-refractivity contribution in [3.63, 3.8) is 0 Å². The quantitative estimate of drug-likeness (QED) is 0.908. The van der Waals surface area contributed by atoms with Crippen LogP contribution in [-0.2, 0) is 29.4 Å². The first-order valence-electron chi connectivity index (χ1n) is 7.17. The maximum absolute atomic E-state index is 12.2. The SMILES string of the molecule is Cc1ccc(S(=O)(=O)NCc2nc3c([nH]2)CCCC3)cc1. The predicted molar refractivity (Wildman–Crippen MR) is 80.4 cm³/mol. The molecular formula is C15H19N3O2S. The van der Waals surface area contributed by atoms with Crippen molar-refractivity contribution in [2.45, 2.75) is 44.0 Å². The number of nitrogens with zero attached hydrogens (tertiary/aromatic N) is 1. The second-order valence-electron chi connectivity index (χ2n) is 5.45. The molecule has 0 fully saturated rings. The molecular weight excluding hydrogens is 286 g/mol. The lowest BCUT2D eigenvalue weighted by Crippen LogP contribution is -2.23. The number of fused-ring (bicyclic) bond motifs is 1. The predicted octanol–water partition coefficient (Wildman–Crippen LogP) is 2.08. The first-order chi connectivity index (χ1) is 10.0. The Kier molecular flexibility index (Phi) is 3.82. The second-order valence-corrected chi connectivity index (χ2v) is 7.22. The van der Waals surface area contributed by atoms with Crippen LogP contribution in [0.3, 0.4) is 0 Å². The van der Waals surface area contributed by atoms with Crippen molar-refractivity contribution in [2.24, 2.45) is 0 Å². The third-order valence-corrected chi connectivity index (χ3v) is 5.18. The summed E-state index contributed by atoms with van der Waals surface area (Å²) < 4.78 is 27.0. The van der Waals surface area contributed by atoms with Gasteiger partial charge in [-0.15, -0.1) is 0 Å². The summed E-state index contributed by atoms with van der Waals surface area (Å²) >= 11 is 0. The molecule has 0 saturated heterocycles. The van der Waals surface area contributed by atoms with E-state index in [4.69, 9.17) is 0 Å². The average molecular weight is 305 g/mol. The van der Waals surface area contributed by atoms with E-state index in [0.29, 0.717) is 5.82 Å². The van der Waals surface area contributed by atoms with E-state index in [1.54, 1.807) is 24.3 Å². The molecule has 1 aromatic carbocycles. The molecule has 0 spiro atoms. The minimum Gasteiger partial charge on any atom is -0.345 e. The van der Waals surface area contributed by atoms with Crippen LogP contribution >= 0.6 is 0 Å². The molecule has 2 N–H and O–H groups in total. The van der Waals surface area contributed by atoms with Gasteiger partial charge >= 0.3 is 0 Å². The van der Waals surface area contributed by atoms with Crippen LogP contribution < -0.4 is 4.72 Å². The molecule has 3 rings (SSSR count). The highest BCUT2D eigenvalue weighted by Gasteiger charge is 2.17. The summed E-state index contributed by atoms with van der Waals surface area (Å²) in [4.78, 5) is 7.99. The monoisotopic (exact) mass is 305 g/mol. The van der Waals surface area contributed by atoms with Crippen LogP contribution in [0.1, 0.15) is 35.6 Å². The largest absolute Gasteiger partial charge is 0.345 e. The minimum absolute atomic E-state index is 0.198. The van der Waals surface area contributed by atoms with E-state index < -0.39 is 10.0 Å². The van der Waals surface area contributed by atoms with Gasteiger partial charge in [0.15, 0.2) is 0 Å². The number of aromatic amines is 1. The van der Waals surface area contributed by atoms with Crippen LogP contribution in [0.15, 0.2) is 29.2 Å². The zero-order valence-electron chi connectivity index (χ0n) is 12.0. The van der Waals surface area contributed by atoms with Crippen LogP contribution in [0.4, 0.5) is 0 Å². The Bertz CT molecular complexity index is 709. The molecule has 0 bridgehead atoms. The van der Waals surface area contributed by atoms with Gasteiger partial charge in [-0.2, -0.15) is 0 Å². The molecule has 21 heavy (non-hydrogen) atoms. The molecule has 5 nitrogen and oxygen atoms in total. The van der Waals surface area contributed by atoms with Gasteiger partial charge in [0.05, 0.1) is 17.1 Å². The summed E-state index contributed by atoms with van der Waals surface area (Å²) in [5.41, 5.74) is 3.28. The zero-order chi connectivity index (χ0) is 14.9. The first-order valence-corrected chi connectivity index (χ1v) is 8.66. The van der Waals surface area contributed by atoms with Crippen molar-refractivity contribution < 1.29 is 8.42 Å². The summed E-state index contributed by atoms with van der Waals surface area (Å²) in [6.45, 7) is 2.13. The van der Waals surface area contributed by atoms with Gasteiger partial charge in [-0.1, -0.05) is 17.7 Å². The first kappa shape index (κ1) is 14.3. The average Bonchev–Trinajstić information content (AvgIpc) is 2.89. The third-order valence-electron chi connectivity index (χ3n) is 3.76. The van der Waals surface area contributed by atoms with E-state index in [-0.39, 0.29) is 11.4 Å². The Morgan fingerprint density at radius 3 is 2.62 bits per heavy atom. The van der Waals surface area contributed by atoms with Crippen LogP contribution in [0.2, 0.25) is 0 Å². The molecule has 0 radical (unpaired) electrons. The van der Waals surface area contributed by atoms with E-state index in [0.717, 1.165) is 36.2 Å². The fourth-order valence-electron chi connectivity index (χ4n) is 2.56. The van der Waals surface area contributed by atoms with Crippen LogP contribution in [0, 0.1) is 6.92 Å². The van der Waals surface area contributed by atoms with E-state index in [1.165, 1.54) is 6.42 Å². The maximum atomic E-state index is 12.2. The van der Waals surface area contributed by atoms with Gasteiger partial charge in [0.2, 0.25) is 10.0 Å². The van der Waals surface area contributed by atoms with Crippen LogP contribution in [0.25, 0.3) is 0 Å². The summed E-state index contributed by atoms with van der Waals surface area (Å²) in [6.07, 6.45) is 4.32. The van der Waals surface area contributed by atoms with Gasteiger partial charge in [-0.05, 0) is 44.7 Å². The Morgan fingerprint density at radius 2 is 1.90 bits per heavy atom. The van der Waals surface area contributed by atoms with Crippen molar-refractivity contribution in [2.75, 3.05) is 0 Å². The Morgan fingerprint density at radius 1 is 1.19 bits per heavy atom. The van der Waals surface area contributed by atoms with Gasteiger partial charge in [-0.25, -0.2) is 18.1 Å². The second kappa shape index (κ2) is 5.61. The summed E-state index contributed by atoms with van der Waals surface area (Å²) in [7, 11) is -3.49. The number of rotatable bonds is 4. The zero-order valence-corrected chi connectivity index (χ0v) is 12.8. The highest BCUT2D eigenvalue weighted by atomic mass is 32.2. The maximum Gasteiger partial charge on any atom is 0.240 e. The number of aromatic nitrogens is 2. The molecule has 2 aromatic rings. The molecule has 1 heterocycles. The Hall–Kier alpha value is -1.66. The highest BCUT2D eigenvalue weighted by molar-refractivity contribution is 7.89. The number of nitrogens with one attached hydrogen (secondary N) is 2. The van der Waals surface area contributed by atoms with Crippen molar-refractivity contribution in [1.82, 2.24) is 14.7 Å². The summed E-state index contributed by atoms with van der Waals surface area (Å²) in [5, 5.41) is 0. The standard InChI is InChI=1S/C15H19N3O2S/c1-11-6-8-12(9-7-11)21(19,20)16-10-15-17-13-4-2-3-5-14(13)18-15/h6-9,16H,2-5,10H2,1H3,(H,17,18). The lowest BCUT2D eigenvalue weighted by molar-refractivity contribution is 0.579. The van der Waals surface area contributed by atoms with Crippen molar-refractivity contribution in [3.8, 4) is 0 Å². The molecule has 0 saturated carbocycles. The molecule has 0 amide bonds. The topological polar surface area (TPSA) is 74.8 Å². The van der Waals surface area contributed by atoms with Gasteiger partial charge < -0.3 is 4.98 Å². The number of H-pyrrole nitrogens is 1. The van der Waals surface area contributed by atoms with E-state index >= 15 is 0 Å². The highest BCUT2D eigenvalue weighted by Crippen LogP contribution is 2.19. The minimum atomic E-state index is -3.49. The van der Waals surface area contributed by atoms with Crippen molar-refractivity contribution in [3.05, 3.63) is 47.0 Å². The molecule has 112 valence electrons. The molecule has 0 unspecified atom stereocenters. The molecule has 1 aromatic heterocycles. The fraction of sp³-hybridized carbons (Fsp3) is 0.400. The van der Waals surface area contributed by atoms with Crippen LogP contribution in [0.5, 0.6) is 0 Å². The van der Waals surface area contributed by atoms with E-state index in [9.17, 15) is 8.42 Å². The summed E-state index contributed by atoms with van der Waals surface area (Å²) in [6, 6.07) is 6.82. The summed E-state index contributed by atoms with van der Waals surface area (Å²) in [5.74, 6) is 0.692. The normalized spacial score (nSPS) is 14.9. The number of aryl methyl sites for hydroxylation is 3. The number of benzene rings is 1. The molecule has 1 aliphatic carbocycles. The van der Waals surface area contributed by atoms with Gasteiger partial charge in [0.1, 0.15) is 5.82 Å². The third kappa shape index (κ3) is 3.16. The van der Waals surface area contributed by atoms with Gasteiger partial charge in [0, 0.05) is 5.69 Å². The number of hydrogen-bond donors (Lipinski definition) is 2. The lowest BCUT2D eigenvalue weighted by Gasteiger charge is -2.07. The van der Waals surface area contributed by atoms with Gasteiger partial charge in [0.25, 0.3) is 0 Å². The van der Waals surface area contributed by atoms with E-state index in [2.05, 4.69) is 14.7 Å².